The van der Waals surface area contributed by atoms with Crippen LogP contribution < -0.4 is 10.5 Å². The van der Waals surface area contributed by atoms with Gasteiger partial charge in [0.1, 0.15) is 5.75 Å². The summed E-state index contributed by atoms with van der Waals surface area (Å²) in [5.41, 5.74) is 6.08. The van der Waals surface area contributed by atoms with Crippen molar-refractivity contribution < 1.29 is 22.7 Å². The second kappa shape index (κ2) is 6.03. The number of rotatable bonds is 4. The van der Waals surface area contributed by atoms with Crippen LogP contribution in [-0.4, -0.2) is 36.8 Å². The van der Waals surface area contributed by atoms with Gasteiger partial charge in [0.05, 0.1) is 0 Å². The highest BCUT2D eigenvalue weighted by molar-refractivity contribution is 5.83. The van der Waals surface area contributed by atoms with Crippen molar-refractivity contribution in [3.05, 3.63) is 29.8 Å². The van der Waals surface area contributed by atoms with Crippen molar-refractivity contribution in [3.63, 3.8) is 0 Å². The van der Waals surface area contributed by atoms with Crippen LogP contribution in [-0.2, 0) is 4.79 Å². The van der Waals surface area contributed by atoms with Gasteiger partial charge in [0.2, 0.25) is 5.91 Å². The maximum atomic E-state index is 12.5. The summed E-state index contributed by atoms with van der Waals surface area (Å²) < 4.78 is 41.5. The van der Waals surface area contributed by atoms with Crippen LogP contribution in [0.15, 0.2) is 24.3 Å². The lowest BCUT2D eigenvalue weighted by atomic mass is 10.1. The molecule has 7 heteroatoms. The summed E-state index contributed by atoms with van der Waals surface area (Å²) in [5, 5.41) is 0. The van der Waals surface area contributed by atoms with E-state index in [0.717, 1.165) is 6.42 Å². The number of nitrogens with two attached hydrogens (primary N) is 1. The van der Waals surface area contributed by atoms with Crippen LogP contribution in [0.25, 0.3) is 0 Å². The number of carbonyl (C=O) groups excluding carboxylic acids is 1. The zero-order valence-corrected chi connectivity index (χ0v) is 12.6. The van der Waals surface area contributed by atoms with Crippen molar-refractivity contribution in [3.8, 4) is 5.75 Å². The fraction of sp³-hybridized carbons (Fsp3) is 0.562. The Morgan fingerprint density at radius 2 is 2.09 bits per heavy atom. The van der Waals surface area contributed by atoms with Crippen molar-refractivity contribution in [1.82, 2.24) is 4.90 Å². The minimum absolute atomic E-state index is 0.0211. The summed E-state index contributed by atoms with van der Waals surface area (Å²) in [5.74, 6) is -0.297. The van der Waals surface area contributed by atoms with E-state index in [1.165, 1.54) is 12.1 Å². The van der Waals surface area contributed by atoms with Crippen LogP contribution >= 0.6 is 0 Å². The van der Waals surface area contributed by atoms with Crippen LogP contribution in [0.3, 0.4) is 0 Å². The molecule has 4 nitrogen and oxygen atoms in total. The Balaban J connectivity index is 1.68. The first-order valence-corrected chi connectivity index (χ1v) is 7.72. The molecule has 3 atom stereocenters. The predicted molar refractivity (Wildman–Crippen MR) is 77.7 cm³/mol. The number of likely N-dealkylation sites (tertiary alicyclic amines) is 1. The lowest BCUT2D eigenvalue weighted by molar-refractivity contribution is -0.274. The summed E-state index contributed by atoms with van der Waals surface area (Å²) in [6.45, 7) is 1.89. The molecule has 2 aliphatic rings. The van der Waals surface area contributed by atoms with Crippen molar-refractivity contribution in [2.75, 3.05) is 19.6 Å². The van der Waals surface area contributed by atoms with Gasteiger partial charge in [0, 0.05) is 19.0 Å². The summed E-state index contributed by atoms with van der Waals surface area (Å²) in [6, 6.07) is 6.06. The third kappa shape index (κ3) is 3.60. The monoisotopic (exact) mass is 328 g/mol. The van der Waals surface area contributed by atoms with Crippen LogP contribution in [0.2, 0.25) is 0 Å². The number of nitrogens with zero attached hydrogens (tertiary/aromatic N) is 1. The Morgan fingerprint density at radius 3 is 2.74 bits per heavy atom. The van der Waals surface area contributed by atoms with Crippen LogP contribution in [0.5, 0.6) is 5.75 Å². The summed E-state index contributed by atoms with van der Waals surface area (Å²) in [4.78, 5) is 14.3. The number of hydrogen-bond acceptors (Lipinski definition) is 3. The van der Waals surface area contributed by atoms with Gasteiger partial charge in [0.25, 0.3) is 0 Å². The lowest BCUT2D eigenvalue weighted by Gasteiger charge is -2.17. The van der Waals surface area contributed by atoms with E-state index < -0.39 is 6.36 Å². The van der Waals surface area contributed by atoms with Crippen molar-refractivity contribution in [2.24, 2.45) is 17.6 Å². The standard InChI is InChI=1S/C16H19F3N2O2/c17-16(18,19)23-14-4-2-1-3-11(14)12-7-13(12)15(22)21-6-5-10(8-20)9-21/h1-4,10,12-13H,5-9,20H2/t10-,12-,13+/m0/s1. The molecule has 0 unspecified atom stereocenters. The molecular weight excluding hydrogens is 309 g/mol. The molecule has 23 heavy (non-hydrogen) atoms. The molecule has 1 aliphatic heterocycles. The molecule has 2 fully saturated rings. The molecule has 1 amide bonds. The van der Waals surface area contributed by atoms with Gasteiger partial charge in [-0.3, -0.25) is 4.79 Å². The molecule has 0 aromatic heterocycles. The zero-order chi connectivity index (χ0) is 16.6. The average molecular weight is 328 g/mol. The third-order valence-corrected chi connectivity index (χ3v) is 4.58. The Bertz CT molecular complexity index is 591. The fourth-order valence-electron chi connectivity index (χ4n) is 3.28. The highest BCUT2D eigenvalue weighted by atomic mass is 19.4. The first-order chi connectivity index (χ1) is 10.9. The van der Waals surface area contributed by atoms with Crippen LogP contribution in [0.4, 0.5) is 13.2 Å². The molecule has 0 spiro atoms. The van der Waals surface area contributed by atoms with Gasteiger partial charge in [-0.25, -0.2) is 0 Å². The summed E-state index contributed by atoms with van der Waals surface area (Å²) in [6.07, 6.45) is -3.26. The molecule has 3 rings (SSSR count). The smallest absolute Gasteiger partial charge is 0.405 e. The van der Waals surface area contributed by atoms with E-state index in [4.69, 9.17) is 5.73 Å². The van der Waals surface area contributed by atoms with E-state index in [2.05, 4.69) is 4.74 Å². The maximum absolute atomic E-state index is 12.5. The predicted octanol–water partition coefficient (Wildman–Crippen LogP) is 2.50. The number of hydrogen-bond donors (Lipinski definition) is 1. The lowest BCUT2D eigenvalue weighted by Crippen LogP contribution is -2.31. The fourth-order valence-corrected chi connectivity index (χ4v) is 3.28. The number of benzene rings is 1. The van der Waals surface area contributed by atoms with E-state index in [1.807, 2.05) is 0 Å². The number of amides is 1. The number of para-hydroxylation sites is 1. The maximum Gasteiger partial charge on any atom is 0.573 e. The molecular formula is C16H19F3N2O2. The minimum atomic E-state index is -4.73. The second-order valence-corrected chi connectivity index (χ2v) is 6.21. The van der Waals surface area contributed by atoms with Crippen LogP contribution in [0, 0.1) is 11.8 Å². The number of carbonyl (C=O) groups is 1. The van der Waals surface area contributed by atoms with Gasteiger partial charge in [-0.15, -0.1) is 13.2 Å². The number of alkyl halides is 3. The SMILES string of the molecule is NC[C@@H]1CCN(C(=O)[C@@H]2C[C@H]2c2ccccc2OC(F)(F)F)C1. The average Bonchev–Trinajstić information content (AvgIpc) is 3.13. The first-order valence-electron chi connectivity index (χ1n) is 7.72. The second-order valence-electron chi connectivity index (χ2n) is 6.21. The molecule has 1 aliphatic carbocycles. The van der Waals surface area contributed by atoms with Crippen molar-refractivity contribution in [1.29, 1.82) is 0 Å². The summed E-state index contributed by atoms with van der Waals surface area (Å²) in [7, 11) is 0. The van der Waals surface area contributed by atoms with E-state index in [9.17, 15) is 18.0 Å². The zero-order valence-electron chi connectivity index (χ0n) is 12.6. The van der Waals surface area contributed by atoms with Gasteiger partial charge >= 0.3 is 6.36 Å². The topological polar surface area (TPSA) is 55.6 Å². The molecule has 1 aromatic rings. The molecule has 0 radical (unpaired) electrons. The van der Waals surface area contributed by atoms with Crippen LogP contribution in [0.1, 0.15) is 24.3 Å². The van der Waals surface area contributed by atoms with E-state index in [0.29, 0.717) is 37.5 Å². The molecule has 126 valence electrons. The highest BCUT2D eigenvalue weighted by Gasteiger charge is 2.48. The Kier molecular flexibility index (Phi) is 4.23. The number of halogens is 3. The van der Waals surface area contributed by atoms with E-state index in [1.54, 1.807) is 17.0 Å². The van der Waals surface area contributed by atoms with Gasteiger partial charge in [-0.1, -0.05) is 18.2 Å². The largest absolute Gasteiger partial charge is 0.573 e. The van der Waals surface area contributed by atoms with Gasteiger partial charge in [-0.05, 0) is 42.9 Å². The highest BCUT2D eigenvalue weighted by Crippen LogP contribution is 2.52. The minimum Gasteiger partial charge on any atom is -0.405 e. The molecule has 1 heterocycles. The van der Waals surface area contributed by atoms with E-state index >= 15 is 0 Å². The third-order valence-electron chi connectivity index (χ3n) is 4.58. The first kappa shape index (κ1) is 16.1. The van der Waals surface area contributed by atoms with Crippen molar-refractivity contribution in [2.45, 2.75) is 25.1 Å². The Morgan fingerprint density at radius 1 is 1.35 bits per heavy atom. The van der Waals surface area contributed by atoms with Gasteiger partial charge in [0.15, 0.2) is 0 Å². The van der Waals surface area contributed by atoms with E-state index in [-0.39, 0.29) is 23.5 Å². The Labute approximate surface area is 132 Å². The summed E-state index contributed by atoms with van der Waals surface area (Å²) >= 11 is 0. The number of ether oxygens (including phenoxy) is 1. The molecule has 1 saturated heterocycles. The molecule has 1 aromatic carbocycles. The molecule has 0 bridgehead atoms. The Hall–Kier alpha value is -1.76. The normalized spacial score (nSPS) is 27.1. The quantitative estimate of drug-likeness (QED) is 0.924. The van der Waals surface area contributed by atoms with Gasteiger partial charge in [-0.2, -0.15) is 0 Å². The van der Waals surface area contributed by atoms with Crippen molar-refractivity contribution >= 4 is 5.91 Å². The van der Waals surface area contributed by atoms with Gasteiger partial charge < -0.3 is 15.4 Å². The molecule has 1 saturated carbocycles. The molecule has 2 N–H and O–H groups in total.